The summed E-state index contributed by atoms with van der Waals surface area (Å²) in [4.78, 5) is 49.2. The van der Waals surface area contributed by atoms with Crippen LogP contribution in [0.15, 0.2) is 18.2 Å². The van der Waals surface area contributed by atoms with Gasteiger partial charge in [0.1, 0.15) is 5.75 Å². The Morgan fingerprint density at radius 2 is 2.00 bits per heavy atom. The molecule has 28 heavy (non-hydrogen) atoms. The molecule has 152 valence electrons. The predicted octanol–water partition coefficient (Wildman–Crippen LogP) is 1.13. The predicted molar refractivity (Wildman–Crippen MR) is 101 cm³/mol. The molecule has 1 aliphatic rings. The van der Waals surface area contributed by atoms with Crippen LogP contribution in [0.4, 0.5) is 10.5 Å². The highest BCUT2D eigenvalue weighted by Gasteiger charge is 2.37. The number of hydrogen-bond acceptors (Lipinski definition) is 6. The van der Waals surface area contributed by atoms with Gasteiger partial charge in [-0.05, 0) is 38.5 Å². The number of hydrogen-bond donors (Lipinski definition) is 2. The Hall–Kier alpha value is -3.10. The van der Waals surface area contributed by atoms with E-state index in [2.05, 4.69) is 10.6 Å². The van der Waals surface area contributed by atoms with E-state index >= 15 is 0 Å². The number of aryl methyl sites for hydroxylation is 1. The zero-order valence-corrected chi connectivity index (χ0v) is 16.4. The second kappa shape index (κ2) is 9.20. The van der Waals surface area contributed by atoms with Gasteiger partial charge in [0.2, 0.25) is 5.91 Å². The van der Waals surface area contributed by atoms with Gasteiger partial charge in [0.25, 0.3) is 5.91 Å². The lowest BCUT2D eigenvalue weighted by atomic mass is 10.1. The molecule has 0 aromatic heterocycles. The van der Waals surface area contributed by atoms with Crippen molar-refractivity contribution in [3.05, 3.63) is 23.8 Å². The molecule has 0 spiro atoms. The Labute approximate surface area is 163 Å². The highest BCUT2D eigenvalue weighted by molar-refractivity contribution is 6.01. The number of benzene rings is 1. The van der Waals surface area contributed by atoms with Gasteiger partial charge in [0.15, 0.2) is 6.61 Å². The molecular formula is C19H25N3O6. The lowest BCUT2D eigenvalue weighted by molar-refractivity contribution is -0.152. The Balaban J connectivity index is 1.93. The summed E-state index contributed by atoms with van der Waals surface area (Å²) in [5.74, 6) is -1.81. The quantitative estimate of drug-likeness (QED) is 0.703. The largest absolute Gasteiger partial charge is 0.495 e. The summed E-state index contributed by atoms with van der Waals surface area (Å²) < 4.78 is 10.3. The smallest absolute Gasteiger partial charge is 0.321 e. The lowest BCUT2D eigenvalue weighted by Crippen LogP contribution is -2.44. The fraction of sp³-hybridized carbons (Fsp3) is 0.474. The molecule has 0 saturated carbocycles. The average molecular weight is 391 g/mol. The molecule has 0 radical (unpaired) electrons. The van der Waals surface area contributed by atoms with Crippen molar-refractivity contribution in [2.75, 3.05) is 25.2 Å². The van der Waals surface area contributed by atoms with Gasteiger partial charge in [-0.3, -0.25) is 19.7 Å². The molecule has 2 N–H and O–H groups in total. The fourth-order valence-corrected chi connectivity index (χ4v) is 2.82. The normalized spacial score (nSPS) is 16.1. The van der Waals surface area contributed by atoms with Crippen molar-refractivity contribution in [1.82, 2.24) is 10.6 Å². The van der Waals surface area contributed by atoms with Gasteiger partial charge in [-0.1, -0.05) is 6.07 Å². The van der Waals surface area contributed by atoms with Crippen molar-refractivity contribution >= 4 is 29.5 Å². The standard InChI is InChI=1S/C19H25N3O6/c1-11(2)20-19(26)21-16(23)10-28-18(25)13-8-17(24)22(9-13)14-7-12(3)5-6-15(14)27-4/h5-7,11,13H,8-10H2,1-4H3,(H2,20,21,23,26)/t13-/m0/s1. The van der Waals surface area contributed by atoms with Gasteiger partial charge in [-0.25, -0.2) is 4.79 Å². The van der Waals surface area contributed by atoms with E-state index in [9.17, 15) is 19.2 Å². The number of nitrogens with one attached hydrogen (secondary N) is 2. The maximum absolute atomic E-state index is 12.4. The molecule has 0 unspecified atom stereocenters. The molecule has 1 fully saturated rings. The van der Waals surface area contributed by atoms with Crippen molar-refractivity contribution in [1.29, 1.82) is 0 Å². The summed E-state index contributed by atoms with van der Waals surface area (Å²) in [6, 6.07) is 4.64. The molecule has 1 aliphatic heterocycles. The van der Waals surface area contributed by atoms with Gasteiger partial charge < -0.3 is 19.7 Å². The maximum atomic E-state index is 12.4. The zero-order chi connectivity index (χ0) is 20.8. The summed E-state index contributed by atoms with van der Waals surface area (Å²) in [5, 5.41) is 4.55. The number of anilines is 1. The summed E-state index contributed by atoms with van der Waals surface area (Å²) in [6.07, 6.45) is -0.0224. The highest BCUT2D eigenvalue weighted by atomic mass is 16.5. The van der Waals surface area contributed by atoms with Gasteiger partial charge in [-0.15, -0.1) is 0 Å². The molecule has 1 heterocycles. The van der Waals surface area contributed by atoms with Crippen LogP contribution in [-0.4, -0.2) is 50.1 Å². The van der Waals surface area contributed by atoms with E-state index < -0.39 is 30.4 Å². The molecule has 1 aromatic rings. The van der Waals surface area contributed by atoms with Crippen LogP contribution in [0.2, 0.25) is 0 Å². The van der Waals surface area contributed by atoms with E-state index in [0.717, 1.165) is 5.56 Å². The van der Waals surface area contributed by atoms with E-state index in [1.807, 2.05) is 19.1 Å². The molecule has 1 aromatic carbocycles. The van der Waals surface area contributed by atoms with Gasteiger partial charge in [0, 0.05) is 19.0 Å². The Morgan fingerprint density at radius 3 is 2.64 bits per heavy atom. The highest BCUT2D eigenvalue weighted by Crippen LogP contribution is 2.34. The fourth-order valence-electron chi connectivity index (χ4n) is 2.82. The Morgan fingerprint density at radius 1 is 1.29 bits per heavy atom. The number of ether oxygens (including phenoxy) is 2. The monoisotopic (exact) mass is 391 g/mol. The first-order valence-corrected chi connectivity index (χ1v) is 8.93. The molecule has 9 nitrogen and oxygen atoms in total. The first kappa shape index (κ1) is 21.2. The van der Waals surface area contributed by atoms with Crippen molar-refractivity contribution in [3.8, 4) is 5.75 Å². The molecular weight excluding hydrogens is 366 g/mol. The van der Waals surface area contributed by atoms with E-state index in [-0.39, 0.29) is 24.9 Å². The minimum absolute atomic E-state index is 0.0224. The topological polar surface area (TPSA) is 114 Å². The number of amides is 4. The third kappa shape index (κ3) is 5.45. The molecule has 0 bridgehead atoms. The second-order valence-corrected chi connectivity index (χ2v) is 6.86. The molecule has 0 aliphatic carbocycles. The van der Waals surface area contributed by atoms with Crippen molar-refractivity contribution < 1.29 is 28.7 Å². The van der Waals surface area contributed by atoms with Crippen molar-refractivity contribution in [2.45, 2.75) is 33.2 Å². The third-order valence-corrected chi connectivity index (χ3v) is 4.10. The van der Waals surface area contributed by atoms with Gasteiger partial charge in [-0.2, -0.15) is 0 Å². The van der Waals surface area contributed by atoms with Crippen molar-refractivity contribution in [3.63, 3.8) is 0 Å². The zero-order valence-electron chi connectivity index (χ0n) is 16.4. The number of urea groups is 1. The molecule has 9 heteroatoms. The van der Waals surface area contributed by atoms with Crippen LogP contribution in [0.25, 0.3) is 0 Å². The van der Waals surface area contributed by atoms with Crippen LogP contribution in [0.1, 0.15) is 25.8 Å². The van der Waals surface area contributed by atoms with E-state index in [1.54, 1.807) is 19.9 Å². The molecule has 1 saturated heterocycles. The van der Waals surface area contributed by atoms with Crippen LogP contribution in [0, 0.1) is 12.8 Å². The molecule has 1 atom stereocenters. The SMILES string of the molecule is COc1ccc(C)cc1N1C[C@@H](C(=O)OCC(=O)NC(=O)NC(C)C)CC1=O. The Kier molecular flexibility index (Phi) is 6.97. The first-order chi connectivity index (χ1) is 13.2. The average Bonchev–Trinajstić information content (AvgIpc) is 3.00. The van der Waals surface area contributed by atoms with E-state index in [1.165, 1.54) is 12.0 Å². The van der Waals surface area contributed by atoms with Crippen LogP contribution < -0.4 is 20.3 Å². The number of imide groups is 1. The second-order valence-electron chi connectivity index (χ2n) is 6.86. The molecule has 2 rings (SSSR count). The van der Waals surface area contributed by atoms with Crippen LogP contribution in [0.5, 0.6) is 5.75 Å². The third-order valence-electron chi connectivity index (χ3n) is 4.10. The summed E-state index contributed by atoms with van der Waals surface area (Å²) in [7, 11) is 1.51. The van der Waals surface area contributed by atoms with Crippen LogP contribution >= 0.6 is 0 Å². The van der Waals surface area contributed by atoms with Gasteiger partial charge >= 0.3 is 12.0 Å². The maximum Gasteiger partial charge on any atom is 0.321 e. The van der Waals surface area contributed by atoms with E-state index in [0.29, 0.717) is 11.4 Å². The number of carbonyl (C=O) groups is 4. The first-order valence-electron chi connectivity index (χ1n) is 8.93. The lowest BCUT2D eigenvalue weighted by Gasteiger charge is -2.20. The number of carbonyl (C=O) groups excluding carboxylic acids is 4. The van der Waals surface area contributed by atoms with Crippen molar-refractivity contribution in [2.24, 2.45) is 5.92 Å². The number of esters is 1. The number of nitrogens with zero attached hydrogens (tertiary/aromatic N) is 1. The number of rotatable bonds is 6. The summed E-state index contributed by atoms with van der Waals surface area (Å²) in [5.41, 5.74) is 1.54. The van der Waals surface area contributed by atoms with Crippen LogP contribution in [0.3, 0.4) is 0 Å². The minimum atomic E-state index is -0.743. The van der Waals surface area contributed by atoms with Gasteiger partial charge in [0.05, 0.1) is 18.7 Å². The summed E-state index contributed by atoms with van der Waals surface area (Å²) in [6.45, 7) is 4.92. The Bertz CT molecular complexity index is 777. The minimum Gasteiger partial charge on any atom is -0.495 e. The molecule has 4 amide bonds. The van der Waals surface area contributed by atoms with Crippen LogP contribution in [-0.2, 0) is 19.1 Å². The van der Waals surface area contributed by atoms with E-state index in [4.69, 9.17) is 9.47 Å². The number of methoxy groups -OCH3 is 1. The summed E-state index contributed by atoms with van der Waals surface area (Å²) >= 11 is 0.